The number of aryl methyl sites for hydroxylation is 1. The molecular formula is C37H28IrN2O-2. The molecule has 4 aromatic carbocycles. The van der Waals surface area contributed by atoms with E-state index >= 15 is 0 Å². The van der Waals surface area contributed by atoms with Crippen LogP contribution in [0.4, 0.5) is 0 Å². The van der Waals surface area contributed by atoms with Crippen LogP contribution >= 0.6 is 0 Å². The van der Waals surface area contributed by atoms with Crippen molar-refractivity contribution in [2.45, 2.75) is 19.8 Å². The van der Waals surface area contributed by atoms with Crippen LogP contribution in [0, 0.1) is 19.1 Å². The third-order valence-electron chi connectivity index (χ3n) is 7.07. The quantitative estimate of drug-likeness (QED) is 0.171. The van der Waals surface area contributed by atoms with E-state index in [2.05, 4.69) is 96.6 Å². The van der Waals surface area contributed by atoms with Gasteiger partial charge in [-0.2, -0.15) is 0 Å². The Morgan fingerprint density at radius 1 is 0.634 bits per heavy atom. The Morgan fingerprint density at radius 3 is 2.20 bits per heavy atom. The minimum Gasteiger partial charge on any atom is -0.500 e. The molecule has 7 aromatic rings. The van der Waals surface area contributed by atoms with Gasteiger partial charge < -0.3 is 14.4 Å². The fourth-order valence-corrected chi connectivity index (χ4v) is 4.85. The Labute approximate surface area is 254 Å². The van der Waals surface area contributed by atoms with Crippen LogP contribution in [0.1, 0.15) is 29.5 Å². The predicted octanol–water partition coefficient (Wildman–Crippen LogP) is 9.45. The van der Waals surface area contributed by atoms with Crippen LogP contribution < -0.4 is 0 Å². The zero-order chi connectivity index (χ0) is 27.3. The molecule has 0 spiro atoms. The summed E-state index contributed by atoms with van der Waals surface area (Å²) in [6.45, 7) is 4.31. The molecule has 0 aliphatic rings. The number of rotatable bonds is 4. The molecule has 3 heterocycles. The summed E-state index contributed by atoms with van der Waals surface area (Å²) in [5.74, 6) is 0.317. The SMILES string of the molecule is Cc1ccnc(-c2[c-]cc3oc4cc(C(C)c5ccccc5)ccc4c3c2)c1.[Ir].[c-]1ccccc1-c1ccccn1. The Bertz CT molecular complexity index is 1830. The van der Waals surface area contributed by atoms with Crippen molar-refractivity contribution in [2.24, 2.45) is 0 Å². The van der Waals surface area contributed by atoms with E-state index in [0.717, 1.165) is 44.5 Å². The number of nitrogens with zero attached hydrogens (tertiary/aromatic N) is 2. The Hall–Kier alpha value is -4.37. The molecule has 4 heteroatoms. The van der Waals surface area contributed by atoms with Gasteiger partial charge >= 0.3 is 0 Å². The van der Waals surface area contributed by atoms with Crippen LogP contribution in [0.3, 0.4) is 0 Å². The summed E-state index contributed by atoms with van der Waals surface area (Å²) in [6, 6.07) is 45.4. The number of fused-ring (bicyclic) bond motifs is 3. The number of pyridine rings is 2. The largest absolute Gasteiger partial charge is 0.500 e. The molecule has 0 amide bonds. The van der Waals surface area contributed by atoms with Crippen LogP contribution in [-0.2, 0) is 20.1 Å². The second-order valence-electron chi connectivity index (χ2n) is 9.82. The molecule has 0 bridgehead atoms. The summed E-state index contributed by atoms with van der Waals surface area (Å²) >= 11 is 0. The smallest absolute Gasteiger partial charge is 0.121 e. The van der Waals surface area contributed by atoms with E-state index in [-0.39, 0.29) is 20.1 Å². The first-order chi connectivity index (χ1) is 19.7. The van der Waals surface area contributed by atoms with Crippen LogP contribution in [0.25, 0.3) is 44.5 Å². The van der Waals surface area contributed by atoms with Gasteiger partial charge in [0, 0.05) is 43.8 Å². The Morgan fingerprint density at radius 2 is 1.44 bits per heavy atom. The summed E-state index contributed by atoms with van der Waals surface area (Å²) < 4.78 is 6.14. The van der Waals surface area contributed by atoms with Gasteiger partial charge in [0.2, 0.25) is 0 Å². The second kappa shape index (κ2) is 12.9. The van der Waals surface area contributed by atoms with E-state index < -0.39 is 0 Å². The van der Waals surface area contributed by atoms with E-state index in [0.29, 0.717) is 5.92 Å². The Kier molecular flexibility index (Phi) is 8.84. The molecule has 1 unspecified atom stereocenters. The molecule has 3 aromatic heterocycles. The van der Waals surface area contributed by atoms with E-state index in [1.165, 1.54) is 16.7 Å². The van der Waals surface area contributed by atoms with Crippen molar-refractivity contribution in [2.75, 3.05) is 0 Å². The average molecular weight is 709 g/mol. The van der Waals surface area contributed by atoms with Gasteiger partial charge in [-0.15, -0.1) is 59.7 Å². The normalized spacial score (nSPS) is 11.4. The number of hydrogen-bond acceptors (Lipinski definition) is 3. The molecule has 41 heavy (non-hydrogen) atoms. The van der Waals surface area contributed by atoms with Gasteiger partial charge in [-0.05, 0) is 47.6 Å². The first kappa shape index (κ1) is 28.2. The van der Waals surface area contributed by atoms with Crippen LogP contribution in [0.15, 0.2) is 132 Å². The monoisotopic (exact) mass is 709 g/mol. The summed E-state index contributed by atoms with van der Waals surface area (Å²) in [7, 11) is 0. The van der Waals surface area contributed by atoms with Crippen molar-refractivity contribution in [3.05, 3.63) is 156 Å². The van der Waals surface area contributed by atoms with Crippen molar-refractivity contribution in [1.82, 2.24) is 9.97 Å². The second-order valence-corrected chi connectivity index (χ2v) is 9.82. The zero-order valence-electron chi connectivity index (χ0n) is 22.8. The van der Waals surface area contributed by atoms with Crippen molar-refractivity contribution < 1.29 is 24.5 Å². The van der Waals surface area contributed by atoms with Gasteiger partial charge in [0.1, 0.15) is 5.58 Å². The fraction of sp³-hybridized carbons (Fsp3) is 0.0811. The molecule has 7 rings (SSSR count). The van der Waals surface area contributed by atoms with E-state index in [4.69, 9.17) is 4.42 Å². The number of benzene rings is 4. The molecular weight excluding hydrogens is 681 g/mol. The number of hydrogen-bond donors (Lipinski definition) is 0. The molecule has 1 radical (unpaired) electrons. The molecule has 203 valence electrons. The molecule has 1 atom stereocenters. The first-order valence-electron chi connectivity index (χ1n) is 13.4. The van der Waals surface area contributed by atoms with Crippen molar-refractivity contribution in [3.63, 3.8) is 0 Å². The van der Waals surface area contributed by atoms with Crippen molar-refractivity contribution in [3.8, 4) is 22.5 Å². The average Bonchev–Trinajstić information content (AvgIpc) is 3.39. The van der Waals surface area contributed by atoms with Gasteiger partial charge in [-0.3, -0.25) is 0 Å². The molecule has 0 fully saturated rings. The minimum atomic E-state index is 0. The third-order valence-corrected chi connectivity index (χ3v) is 7.07. The molecule has 0 saturated heterocycles. The van der Waals surface area contributed by atoms with Crippen LogP contribution in [0.5, 0.6) is 0 Å². The zero-order valence-corrected chi connectivity index (χ0v) is 25.2. The van der Waals surface area contributed by atoms with Gasteiger partial charge in [0.05, 0.1) is 5.58 Å². The van der Waals surface area contributed by atoms with Crippen LogP contribution in [0.2, 0.25) is 0 Å². The topological polar surface area (TPSA) is 38.9 Å². The van der Waals surface area contributed by atoms with Crippen molar-refractivity contribution in [1.29, 1.82) is 0 Å². The molecule has 0 saturated carbocycles. The van der Waals surface area contributed by atoms with E-state index in [9.17, 15) is 0 Å². The van der Waals surface area contributed by atoms with Crippen LogP contribution in [-0.4, -0.2) is 9.97 Å². The minimum absolute atomic E-state index is 0. The summed E-state index contributed by atoms with van der Waals surface area (Å²) in [6.07, 6.45) is 3.63. The third kappa shape index (κ3) is 6.35. The predicted molar refractivity (Wildman–Crippen MR) is 163 cm³/mol. The first-order valence-corrected chi connectivity index (χ1v) is 13.4. The van der Waals surface area contributed by atoms with Crippen molar-refractivity contribution >= 4 is 21.9 Å². The maximum absolute atomic E-state index is 6.14. The summed E-state index contributed by atoms with van der Waals surface area (Å²) in [4.78, 5) is 8.71. The van der Waals surface area contributed by atoms with Gasteiger partial charge in [-0.1, -0.05) is 78.5 Å². The standard InChI is InChI=1S/C26H20NO.C11H8N.Ir/c1-17-12-13-27-24(14-17)21-9-11-25-23(15-21)22-10-8-20(16-26(22)28-25)18(2)19-6-4-3-5-7-19;1-2-6-10(7-3-1)11-8-4-5-9-12-11;/h3-8,10-16,18H,1-2H3;1-6,8-9H;/q2*-1;. The fourth-order valence-electron chi connectivity index (χ4n) is 4.85. The van der Waals surface area contributed by atoms with E-state index in [1.807, 2.05) is 60.8 Å². The number of furan rings is 1. The maximum Gasteiger partial charge on any atom is 0.121 e. The molecule has 0 aliphatic carbocycles. The molecule has 0 aliphatic heterocycles. The van der Waals surface area contributed by atoms with Gasteiger partial charge in [-0.25, -0.2) is 0 Å². The van der Waals surface area contributed by atoms with E-state index in [1.54, 1.807) is 6.20 Å². The Balaban J connectivity index is 0.000000218. The van der Waals surface area contributed by atoms with Gasteiger partial charge in [0.15, 0.2) is 0 Å². The summed E-state index contributed by atoms with van der Waals surface area (Å²) in [5.41, 5.74) is 9.45. The maximum atomic E-state index is 6.14. The molecule has 3 nitrogen and oxygen atoms in total. The molecule has 0 N–H and O–H groups in total. The van der Waals surface area contributed by atoms with Gasteiger partial charge in [0.25, 0.3) is 0 Å². The number of aromatic nitrogens is 2. The summed E-state index contributed by atoms with van der Waals surface area (Å²) in [5, 5.41) is 2.23.